The molecular weight excluding hydrogens is 250 g/mol. The molecule has 1 atom stereocenters. The van der Waals surface area contributed by atoms with Crippen LogP contribution in [-0.2, 0) is 0 Å². The Morgan fingerprint density at radius 1 is 1.00 bits per heavy atom. The molecule has 20 heavy (non-hydrogen) atoms. The highest BCUT2D eigenvalue weighted by molar-refractivity contribution is 5.70. The molecule has 0 amide bonds. The average molecular weight is 265 g/mol. The van der Waals surface area contributed by atoms with Crippen LogP contribution in [0, 0.1) is 0 Å². The Morgan fingerprint density at radius 2 is 1.70 bits per heavy atom. The van der Waals surface area contributed by atoms with Crippen molar-refractivity contribution in [1.82, 2.24) is 10.1 Å². The molecule has 1 aromatic heterocycles. The number of hydrogen-bond donors (Lipinski definition) is 1. The topological polar surface area (TPSA) is 64.9 Å². The number of nitrogen functional groups attached to an aromatic ring is 1. The summed E-state index contributed by atoms with van der Waals surface area (Å²) in [6, 6.07) is 17.6. The Kier molecular flexibility index (Phi) is 3.21. The van der Waals surface area contributed by atoms with Crippen molar-refractivity contribution in [3.8, 4) is 11.4 Å². The van der Waals surface area contributed by atoms with Gasteiger partial charge in [-0.15, -0.1) is 0 Å². The van der Waals surface area contributed by atoms with Crippen LogP contribution in [0.3, 0.4) is 0 Å². The van der Waals surface area contributed by atoms with Crippen molar-refractivity contribution in [1.29, 1.82) is 0 Å². The Balaban J connectivity index is 1.93. The van der Waals surface area contributed by atoms with Gasteiger partial charge in [0.25, 0.3) is 0 Å². The van der Waals surface area contributed by atoms with Gasteiger partial charge in [0.15, 0.2) is 0 Å². The molecule has 100 valence electrons. The van der Waals surface area contributed by atoms with Gasteiger partial charge >= 0.3 is 0 Å². The molecule has 0 aliphatic carbocycles. The van der Waals surface area contributed by atoms with Crippen molar-refractivity contribution < 1.29 is 4.52 Å². The molecule has 2 aromatic carbocycles. The lowest BCUT2D eigenvalue weighted by Crippen LogP contribution is -1.96. The zero-order chi connectivity index (χ0) is 13.9. The maximum absolute atomic E-state index is 5.93. The molecule has 0 saturated heterocycles. The Labute approximate surface area is 117 Å². The van der Waals surface area contributed by atoms with Gasteiger partial charge in [0, 0.05) is 11.3 Å². The minimum absolute atomic E-state index is 0.0578. The van der Waals surface area contributed by atoms with E-state index in [9.17, 15) is 0 Å². The first kappa shape index (κ1) is 12.4. The highest BCUT2D eigenvalue weighted by Gasteiger charge is 2.17. The van der Waals surface area contributed by atoms with Gasteiger partial charge < -0.3 is 10.3 Å². The minimum atomic E-state index is 0.0578. The molecule has 0 bridgehead atoms. The second-order valence-electron chi connectivity index (χ2n) is 4.68. The first-order chi connectivity index (χ1) is 9.75. The van der Waals surface area contributed by atoms with Gasteiger partial charge in [-0.2, -0.15) is 4.98 Å². The molecular formula is C16H15N3O. The lowest BCUT2D eigenvalue weighted by molar-refractivity contribution is 0.371. The molecule has 0 fully saturated rings. The zero-order valence-corrected chi connectivity index (χ0v) is 11.2. The van der Waals surface area contributed by atoms with Crippen molar-refractivity contribution in [3.05, 3.63) is 66.1 Å². The number of hydrogen-bond acceptors (Lipinski definition) is 4. The number of benzene rings is 2. The fourth-order valence-corrected chi connectivity index (χ4v) is 2.11. The van der Waals surface area contributed by atoms with Crippen molar-refractivity contribution in [2.75, 3.05) is 5.73 Å². The maximum atomic E-state index is 5.93. The second kappa shape index (κ2) is 5.17. The number of rotatable bonds is 3. The van der Waals surface area contributed by atoms with Crippen LogP contribution in [0.25, 0.3) is 11.4 Å². The lowest BCUT2D eigenvalue weighted by atomic mass is 10.0. The molecule has 3 aromatic rings. The third-order valence-electron chi connectivity index (χ3n) is 3.31. The smallest absolute Gasteiger partial charge is 0.234 e. The lowest BCUT2D eigenvalue weighted by Gasteiger charge is -2.05. The summed E-state index contributed by atoms with van der Waals surface area (Å²) in [5, 5.41) is 4.03. The normalized spacial score (nSPS) is 12.2. The summed E-state index contributed by atoms with van der Waals surface area (Å²) in [6.45, 7) is 2.04. The van der Waals surface area contributed by atoms with Crippen LogP contribution in [0.5, 0.6) is 0 Å². The molecule has 3 rings (SSSR count). The fraction of sp³-hybridized carbons (Fsp3) is 0.125. The summed E-state index contributed by atoms with van der Waals surface area (Å²) in [6.07, 6.45) is 0. The number of nitrogens with two attached hydrogens (primary N) is 1. The van der Waals surface area contributed by atoms with Crippen LogP contribution >= 0.6 is 0 Å². The summed E-state index contributed by atoms with van der Waals surface area (Å²) in [5.74, 6) is 1.18. The van der Waals surface area contributed by atoms with Crippen LogP contribution in [0.2, 0.25) is 0 Å². The van der Waals surface area contributed by atoms with E-state index in [-0.39, 0.29) is 5.92 Å². The van der Waals surface area contributed by atoms with Crippen LogP contribution in [0.15, 0.2) is 59.1 Å². The zero-order valence-electron chi connectivity index (χ0n) is 11.2. The minimum Gasteiger partial charge on any atom is -0.398 e. The predicted octanol–water partition coefficient (Wildman–Crippen LogP) is 3.47. The number of para-hydroxylation sites is 1. The van der Waals surface area contributed by atoms with Gasteiger partial charge in [0.1, 0.15) is 0 Å². The molecule has 0 saturated carbocycles. The van der Waals surface area contributed by atoms with Crippen LogP contribution in [-0.4, -0.2) is 10.1 Å². The molecule has 4 heteroatoms. The second-order valence-corrected chi connectivity index (χ2v) is 4.68. The van der Waals surface area contributed by atoms with E-state index in [1.165, 1.54) is 0 Å². The molecule has 0 spiro atoms. The Hall–Kier alpha value is -2.62. The first-order valence-electron chi connectivity index (χ1n) is 6.49. The summed E-state index contributed by atoms with van der Waals surface area (Å²) in [7, 11) is 0. The van der Waals surface area contributed by atoms with Gasteiger partial charge in [-0.3, -0.25) is 0 Å². The van der Waals surface area contributed by atoms with Crippen molar-refractivity contribution in [3.63, 3.8) is 0 Å². The van der Waals surface area contributed by atoms with Crippen molar-refractivity contribution in [2.24, 2.45) is 0 Å². The van der Waals surface area contributed by atoms with E-state index in [2.05, 4.69) is 10.1 Å². The van der Waals surface area contributed by atoms with E-state index in [1.54, 1.807) is 0 Å². The summed E-state index contributed by atoms with van der Waals surface area (Å²) in [5.41, 5.74) is 8.51. The molecule has 0 aliphatic heterocycles. The molecule has 1 heterocycles. The molecule has 0 radical (unpaired) electrons. The van der Waals surface area contributed by atoms with Gasteiger partial charge in [-0.25, -0.2) is 0 Å². The van der Waals surface area contributed by atoms with Gasteiger partial charge in [0.05, 0.1) is 5.92 Å². The largest absolute Gasteiger partial charge is 0.398 e. The van der Waals surface area contributed by atoms with E-state index in [4.69, 9.17) is 10.3 Å². The van der Waals surface area contributed by atoms with Crippen LogP contribution in [0.4, 0.5) is 5.69 Å². The highest BCUT2D eigenvalue weighted by Crippen LogP contribution is 2.27. The van der Waals surface area contributed by atoms with E-state index >= 15 is 0 Å². The standard InChI is InChI=1S/C16H15N3O/c1-11(12-7-3-2-4-8-12)16-18-15(19-20-16)13-9-5-6-10-14(13)17/h2-11H,17H2,1H3. The van der Waals surface area contributed by atoms with E-state index in [1.807, 2.05) is 61.5 Å². The van der Waals surface area contributed by atoms with Crippen LogP contribution < -0.4 is 5.73 Å². The van der Waals surface area contributed by atoms with E-state index in [0.717, 1.165) is 11.1 Å². The number of nitrogens with zero attached hydrogens (tertiary/aromatic N) is 2. The van der Waals surface area contributed by atoms with Crippen molar-refractivity contribution >= 4 is 5.69 Å². The quantitative estimate of drug-likeness (QED) is 0.736. The number of anilines is 1. The molecule has 1 unspecified atom stereocenters. The van der Waals surface area contributed by atoms with Gasteiger partial charge in [-0.1, -0.05) is 47.6 Å². The predicted molar refractivity (Wildman–Crippen MR) is 78.1 cm³/mol. The molecule has 4 nitrogen and oxygen atoms in total. The fourth-order valence-electron chi connectivity index (χ4n) is 2.11. The van der Waals surface area contributed by atoms with Gasteiger partial charge in [-0.05, 0) is 24.6 Å². The molecule has 2 N–H and O–H groups in total. The maximum Gasteiger partial charge on any atom is 0.234 e. The Bertz CT molecular complexity index is 707. The average Bonchev–Trinajstić information content (AvgIpc) is 2.97. The highest BCUT2D eigenvalue weighted by atomic mass is 16.5. The first-order valence-corrected chi connectivity index (χ1v) is 6.49. The van der Waals surface area contributed by atoms with E-state index in [0.29, 0.717) is 17.4 Å². The SMILES string of the molecule is CC(c1ccccc1)c1nc(-c2ccccc2N)no1. The summed E-state index contributed by atoms with van der Waals surface area (Å²) in [4.78, 5) is 4.46. The van der Waals surface area contributed by atoms with Crippen LogP contribution in [0.1, 0.15) is 24.3 Å². The summed E-state index contributed by atoms with van der Waals surface area (Å²) >= 11 is 0. The molecule has 0 aliphatic rings. The Morgan fingerprint density at radius 3 is 2.45 bits per heavy atom. The third-order valence-corrected chi connectivity index (χ3v) is 3.31. The number of aromatic nitrogens is 2. The van der Waals surface area contributed by atoms with Gasteiger partial charge in [0.2, 0.25) is 11.7 Å². The van der Waals surface area contributed by atoms with E-state index < -0.39 is 0 Å². The van der Waals surface area contributed by atoms with Crippen molar-refractivity contribution in [2.45, 2.75) is 12.8 Å². The third kappa shape index (κ3) is 2.28. The summed E-state index contributed by atoms with van der Waals surface area (Å²) < 4.78 is 5.37. The monoisotopic (exact) mass is 265 g/mol.